The van der Waals surface area contributed by atoms with Gasteiger partial charge in [-0.2, -0.15) is 0 Å². The average molecular weight is 331 g/mol. The summed E-state index contributed by atoms with van der Waals surface area (Å²) in [5, 5.41) is 0.193. The molecule has 0 aliphatic rings. The molecule has 0 bridgehead atoms. The molecule has 1 nitrogen and oxygen atoms in total. The van der Waals surface area contributed by atoms with Crippen molar-refractivity contribution in [3.05, 3.63) is 9.31 Å². The van der Waals surface area contributed by atoms with E-state index in [0.29, 0.717) is 6.61 Å². The Labute approximate surface area is 80.2 Å². The van der Waals surface area contributed by atoms with Gasteiger partial charge in [0.25, 0.3) is 0 Å². The molecule has 0 fully saturated rings. The summed E-state index contributed by atoms with van der Waals surface area (Å²) in [4.78, 5) is 0. The SMILES string of the molecule is CCO/C(Cl)=[CH]\[Sn]([Cl])([Cl])[Cl]. The number of ether oxygens (including phenoxy) is 1. The number of rotatable bonds is 3. The van der Waals surface area contributed by atoms with Gasteiger partial charge < -0.3 is 0 Å². The normalized spacial score (nSPS) is 13.5. The van der Waals surface area contributed by atoms with Crippen molar-refractivity contribution >= 4 is 53.4 Å². The summed E-state index contributed by atoms with van der Waals surface area (Å²) in [6.07, 6.45) is 0. The van der Waals surface area contributed by atoms with Crippen molar-refractivity contribution in [2.24, 2.45) is 0 Å². The second-order valence-corrected chi connectivity index (χ2v) is 21.6. The van der Waals surface area contributed by atoms with E-state index >= 15 is 0 Å². The molecule has 0 rings (SSSR count). The Morgan fingerprint density at radius 3 is 2.30 bits per heavy atom. The molecule has 0 N–H and O–H groups in total. The molecule has 0 amide bonds. The maximum absolute atomic E-state index is 5.56. The van der Waals surface area contributed by atoms with Gasteiger partial charge in [-0.05, 0) is 0 Å². The molecule has 0 aliphatic carbocycles. The third-order valence-electron chi connectivity index (χ3n) is 0.559. The molecule has 0 saturated heterocycles. The van der Waals surface area contributed by atoms with Gasteiger partial charge in [-0.15, -0.1) is 0 Å². The van der Waals surface area contributed by atoms with Gasteiger partial charge in [0, 0.05) is 0 Å². The molecule has 6 heteroatoms. The predicted octanol–water partition coefficient (Wildman–Crippen LogP) is 3.30. The minimum absolute atomic E-state index is 0.193. The summed E-state index contributed by atoms with van der Waals surface area (Å²) in [5.74, 6) is 0. The van der Waals surface area contributed by atoms with Gasteiger partial charge in [0.2, 0.25) is 0 Å². The molecule has 0 spiro atoms. The van der Waals surface area contributed by atoms with Crippen LogP contribution in [0.25, 0.3) is 0 Å². The van der Waals surface area contributed by atoms with Gasteiger partial charge in [0.15, 0.2) is 0 Å². The van der Waals surface area contributed by atoms with Crippen LogP contribution in [0.1, 0.15) is 6.92 Å². The van der Waals surface area contributed by atoms with E-state index < -0.39 is 15.0 Å². The first-order valence-electron chi connectivity index (χ1n) is 2.53. The van der Waals surface area contributed by atoms with Crippen molar-refractivity contribution in [2.45, 2.75) is 6.92 Å². The van der Waals surface area contributed by atoms with E-state index in [1.165, 1.54) is 4.09 Å². The zero-order chi connectivity index (χ0) is 8.20. The number of halogens is 4. The van der Waals surface area contributed by atoms with Crippen molar-refractivity contribution in [1.29, 1.82) is 0 Å². The molecule has 0 radical (unpaired) electrons. The van der Waals surface area contributed by atoms with Crippen molar-refractivity contribution in [3.8, 4) is 0 Å². The summed E-state index contributed by atoms with van der Waals surface area (Å²) < 4.78 is 6.25. The molecule has 0 aromatic rings. The molecule has 0 saturated carbocycles. The van der Waals surface area contributed by atoms with E-state index in [0.717, 1.165) is 0 Å². The zero-order valence-electron chi connectivity index (χ0n) is 5.20. The Kier molecular flexibility index (Phi) is 5.98. The van der Waals surface area contributed by atoms with E-state index in [-0.39, 0.29) is 5.22 Å². The van der Waals surface area contributed by atoms with Gasteiger partial charge in [-0.1, -0.05) is 0 Å². The second kappa shape index (κ2) is 5.20. The summed E-state index contributed by atoms with van der Waals surface area (Å²) in [7, 11) is 16.7. The van der Waals surface area contributed by atoms with Crippen LogP contribution in [0.4, 0.5) is 0 Å². The topological polar surface area (TPSA) is 9.23 Å². The van der Waals surface area contributed by atoms with Crippen LogP contribution in [0.15, 0.2) is 9.31 Å². The Balaban J connectivity index is 3.90. The van der Waals surface area contributed by atoms with Gasteiger partial charge in [-0.25, -0.2) is 0 Å². The van der Waals surface area contributed by atoms with Crippen LogP contribution < -0.4 is 0 Å². The third-order valence-corrected chi connectivity index (χ3v) is 5.18. The Hall–Kier alpha value is 1.50. The van der Waals surface area contributed by atoms with Crippen molar-refractivity contribution < 1.29 is 4.74 Å². The first-order valence-corrected chi connectivity index (χ1v) is 15.4. The second-order valence-electron chi connectivity index (χ2n) is 1.42. The molecule has 0 unspecified atom stereocenters. The molecule has 0 heterocycles. The Bertz CT molecular complexity index is 130. The minimum atomic E-state index is -3.42. The zero-order valence-corrected chi connectivity index (χ0v) is 11.1. The van der Waals surface area contributed by atoms with Crippen molar-refractivity contribution in [2.75, 3.05) is 6.61 Å². The number of hydrogen-bond donors (Lipinski definition) is 0. The predicted molar refractivity (Wildman–Crippen MR) is 48.9 cm³/mol. The average Bonchev–Trinajstić information content (AvgIpc) is 1.59. The van der Waals surface area contributed by atoms with Crippen LogP contribution in [0.5, 0.6) is 0 Å². The molecular weight excluding hydrogens is 325 g/mol. The first-order chi connectivity index (χ1) is 4.45. The first kappa shape index (κ1) is 11.5. The van der Waals surface area contributed by atoms with Crippen LogP contribution in [-0.4, -0.2) is 21.6 Å². The Morgan fingerprint density at radius 1 is 1.50 bits per heavy atom. The molecule has 0 atom stereocenters. The maximum atomic E-state index is 5.56. The number of hydrogen-bond acceptors (Lipinski definition) is 1. The molecule has 0 aromatic heterocycles. The standard InChI is InChI=1S/C4H6ClO.3ClH.Sn/c1-3-6-4(2)5;;;;/h2H,3H2,1H3;3*1H;/q;;;;+3/p-3. The summed E-state index contributed by atoms with van der Waals surface area (Å²) in [6.45, 7) is 2.30. The monoisotopic (exact) mass is 330 g/mol. The van der Waals surface area contributed by atoms with E-state index in [1.54, 1.807) is 0 Å². The fourth-order valence-electron chi connectivity index (χ4n) is 0.308. The van der Waals surface area contributed by atoms with Crippen LogP contribution in [0.2, 0.25) is 0 Å². The van der Waals surface area contributed by atoms with Gasteiger partial charge in [0.1, 0.15) is 0 Å². The van der Waals surface area contributed by atoms with Gasteiger partial charge in [0.05, 0.1) is 0 Å². The molecule has 0 aliphatic heterocycles. The molecule has 60 valence electrons. The van der Waals surface area contributed by atoms with E-state index in [2.05, 4.69) is 0 Å². The van der Waals surface area contributed by atoms with Crippen LogP contribution in [0, 0.1) is 0 Å². The van der Waals surface area contributed by atoms with E-state index in [1.807, 2.05) is 6.92 Å². The van der Waals surface area contributed by atoms with Crippen molar-refractivity contribution in [1.82, 2.24) is 0 Å². The van der Waals surface area contributed by atoms with Crippen molar-refractivity contribution in [3.63, 3.8) is 0 Å². The van der Waals surface area contributed by atoms with Crippen LogP contribution in [0.3, 0.4) is 0 Å². The van der Waals surface area contributed by atoms with E-state index in [4.69, 9.17) is 43.1 Å². The molecular formula is C4H6Cl4OSn. The van der Waals surface area contributed by atoms with Gasteiger partial charge >= 0.3 is 80.9 Å². The summed E-state index contributed by atoms with van der Waals surface area (Å²) >= 11 is 2.09. The fraction of sp³-hybridized carbons (Fsp3) is 0.500. The fourth-order valence-corrected chi connectivity index (χ4v) is 5.61. The molecule has 10 heavy (non-hydrogen) atoms. The quantitative estimate of drug-likeness (QED) is 0.570. The third kappa shape index (κ3) is 7.60. The van der Waals surface area contributed by atoms with Gasteiger partial charge in [-0.3, -0.25) is 0 Å². The van der Waals surface area contributed by atoms with Crippen LogP contribution in [-0.2, 0) is 4.74 Å². The summed E-state index contributed by atoms with van der Waals surface area (Å²) in [5.41, 5.74) is 0. The van der Waals surface area contributed by atoms with Crippen LogP contribution >= 0.6 is 38.4 Å². The Morgan fingerprint density at radius 2 is 2.00 bits per heavy atom. The molecule has 0 aromatic carbocycles. The summed E-state index contributed by atoms with van der Waals surface area (Å²) in [6, 6.07) is 0. The van der Waals surface area contributed by atoms with E-state index in [9.17, 15) is 0 Å².